The van der Waals surface area contributed by atoms with Gasteiger partial charge in [0, 0.05) is 12.4 Å². The summed E-state index contributed by atoms with van der Waals surface area (Å²) >= 11 is 1.10. The maximum absolute atomic E-state index is 14.9. The van der Waals surface area contributed by atoms with Gasteiger partial charge in [-0.05, 0) is 32.8 Å². The van der Waals surface area contributed by atoms with Crippen LogP contribution in [0.15, 0.2) is 30.9 Å². The van der Waals surface area contributed by atoms with E-state index in [1.807, 2.05) is 6.92 Å². The van der Waals surface area contributed by atoms with Crippen LogP contribution in [-0.4, -0.2) is 46.1 Å². The van der Waals surface area contributed by atoms with Crippen molar-refractivity contribution in [3.05, 3.63) is 47.4 Å². The van der Waals surface area contributed by atoms with E-state index < -0.39 is 33.0 Å². The molecule has 0 radical (unpaired) electrons. The molecule has 1 aliphatic rings. The van der Waals surface area contributed by atoms with Crippen LogP contribution in [0.3, 0.4) is 0 Å². The lowest BCUT2D eigenvalue weighted by Gasteiger charge is -2.15. The monoisotopic (exact) mass is 492 g/mol. The van der Waals surface area contributed by atoms with E-state index in [-0.39, 0.29) is 16.4 Å². The molecule has 0 aromatic carbocycles. The van der Waals surface area contributed by atoms with Crippen LogP contribution in [-0.2, 0) is 10.0 Å². The lowest BCUT2D eigenvalue weighted by molar-refractivity contribution is 0.0938. The largest absolute Gasteiger partial charge is 0.477 e. The first kappa shape index (κ1) is 23.0. The number of carbonyl (C=O) groups is 1. The smallest absolute Gasteiger partial charge is 0.280 e. The molecule has 3 heterocycles. The number of rotatable bonds is 9. The summed E-state index contributed by atoms with van der Waals surface area (Å²) in [7, 11) is -3.64. The zero-order valence-electron chi connectivity index (χ0n) is 17.8. The fraction of sp³-hybridized carbons (Fsp3) is 0.350. The third kappa shape index (κ3) is 5.25. The van der Waals surface area contributed by atoms with E-state index in [1.165, 1.54) is 30.9 Å². The summed E-state index contributed by atoms with van der Waals surface area (Å²) in [5.41, 5.74) is 0.220. The van der Waals surface area contributed by atoms with Gasteiger partial charge < -0.3 is 10.1 Å². The summed E-state index contributed by atoms with van der Waals surface area (Å²) in [6.45, 7) is 3.83. The number of thiazole rings is 1. The Labute approximate surface area is 193 Å². The molecule has 0 saturated heterocycles. The fourth-order valence-corrected chi connectivity index (χ4v) is 5.13. The normalized spacial score (nSPS) is 14.5. The highest BCUT2D eigenvalue weighted by Crippen LogP contribution is 2.31. The Morgan fingerprint density at radius 3 is 2.82 bits per heavy atom. The quantitative estimate of drug-likeness (QED) is 0.465. The first-order valence-corrected chi connectivity index (χ1v) is 12.5. The zero-order valence-corrected chi connectivity index (χ0v) is 19.4. The number of nitrogens with one attached hydrogen (secondary N) is 2. The molecule has 1 aliphatic carbocycles. The van der Waals surface area contributed by atoms with E-state index in [1.54, 1.807) is 6.92 Å². The Morgan fingerprint density at radius 1 is 1.30 bits per heavy atom. The Bertz CT molecular complexity index is 1280. The number of sulfonamides is 1. The van der Waals surface area contributed by atoms with Crippen molar-refractivity contribution in [3.8, 4) is 16.5 Å². The van der Waals surface area contributed by atoms with E-state index in [0.717, 1.165) is 11.3 Å². The number of aromatic nitrogens is 4. The predicted octanol–water partition coefficient (Wildman–Crippen LogP) is 2.93. The molecule has 2 N–H and O–H groups in total. The van der Waals surface area contributed by atoms with Crippen LogP contribution in [0, 0.1) is 5.82 Å². The number of anilines is 1. The minimum atomic E-state index is -3.64. The van der Waals surface area contributed by atoms with Gasteiger partial charge in [0.2, 0.25) is 15.9 Å². The molecule has 13 heteroatoms. The molecular weight excluding hydrogens is 471 g/mol. The lowest BCUT2D eigenvalue weighted by Crippen LogP contribution is -2.28. The number of hydrogen-bond acceptors (Lipinski definition) is 9. The zero-order chi connectivity index (χ0) is 23.6. The van der Waals surface area contributed by atoms with Crippen LogP contribution in [0.5, 0.6) is 5.88 Å². The average molecular weight is 493 g/mol. The Balaban J connectivity index is 1.47. The van der Waals surface area contributed by atoms with Gasteiger partial charge in [-0.3, -0.25) is 19.5 Å². The van der Waals surface area contributed by atoms with E-state index in [9.17, 15) is 17.6 Å². The predicted molar refractivity (Wildman–Crippen MR) is 120 cm³/mol. The topological polar surface area (TPSA) is 136 Å². The number of amides is 1. The van der Waals surface area contributed by atoms with Gasteiger partial charge in [-0.1, -0.05) is 0 Å². The molecular formula is C20H21FN6O4S2. The third-order valence-corrected chi connectivity index (χ3v) is 7.62. The van der Waals surface area contributed by atoms with E-state index in [4.69, 9.17) is 4.74 Å². The van der Waals surface area contributed by atoms with Gasteiger partial charge in [-0.2, -0.15) is 0 Å². The van der Waals surface area contributed by atoms with Gasteiger partial charge in [0.25, 0.3) is 5.91 Å². The van der Waals surface area contributed by atoms with Crippen molar-refractivity contribution in [1.29, 1.82) is 0 Å². The number of nitrogens with zero attached hydrogens (tertiary/aromatic N) is 4. The molecule has 1 fully saturated rings. The standard InChI is InChI=1S/C20H21FN6O4S2/c1-3-31-16-10-22-8-14(26-16)15-9-24-20(32-15)19(28)25-11(2)18-17(21)13(6-7-23-18)27-33(29,30)12-4-5-12/h6-12H,3-5H2,1-2H3,(H,23,27)(H,25,28)/t11-/m0/s1. The fourth-order valence-electron chi connectivity index (χ4n) is 2.96. The van der Waals surface area contributed by atoms with Gasteiger partial charge in [0.05, 0.1) is 40.9 Å². The molecule has 1 amide bonds. The number of hydrogen-bond donors (Lipinski definition) is 2. The van der Waals surface area contributed by atoms with Crippen LogP contribution in [0.2, 0.25) is 0 Å². The van der Waals surface area contributed by atoms with E-state index in [0.29, 0.717) is 35.9 Å². The number of halogens is 1. The van der Waals surface area contributed by atoms with Crippen LogP contribution in [0.1, 0.15) is 48.2 Å². The second-order valence-electron chi connectivity index (χ2n) is 7.30. The van der Waals surface area contributed by atoms with Crippen LogP contribution >= 0.6 is 11.3 Å². The minimum absolute atomic E-state index is 0.0913. The maximum Gasteiger partial charge on any atom is 0.280 e. The summed E-state index contributed by atoms with van der Waals surface area (Å²) in [4.78, 5) is 29.8. The Morgan fingerprint density at radius 2 is 2.09 bits per heavy atom. The number of carbonyl (C=O) groups excluding carboxylic acids is 1. The summed E-state index contributed by atoms with van der Waals surface area (Å²) in [5.74, 6) is -1.00. The molecule has 0 spiro atoms. The Kier molecular flexibility index (Phi) is 6.51. The first-order valence-electron chi connectivity index (χ1n) is 10.2. The Hall–Kier alpha value is -3.19. The molecule has 33 heavy (non-hydrogen) atoms. The highest BCUT2D eigenvalue weighted by molar-refractivity contribution is 7.93. The lowest BCUT2D eigenvalue weighted by atomic mass is 10.2. The first-order chi connectivity index (χ1) is 15.8. The van der Waals surface area contributed by atoms with E-state index >= 15 is 0 Å². The summed E-state index contributed by atoms with van der Waals surface area (Å²) < 4.78 is 46.8. The van der Waals surface area contributed by atoms with Crippen molar-refractivity contribution in [2.24, 2.45) is 0 Å². The summed E-state index contributed by atoms with van der Waals surface area (Å²) in [6, 6.07) is 0.411. The second-order valence-corrected chi connectivity index (χ2v) is 10.3. The van der Waals surface area contributed by atoms with Gasteiger partial charge in [0.1, 0.15) is 11.4 Å². The highest BCUT2D eigenvalue weighted by atomic mass is 32.2. The van der Waals surface area contributed by atoms with Crippen molar-refractivity contribution in [1.82, 2.24) is 25.3 Å². The van der Waals surface area contributed by atoms with Gasteiger partial charge >= 0.3 is 0 Å². The third-order valence-electron chi connectivity index (χ3n) is 4.75. The minimum Gasteiger partial charge on any atom is -0.477 e. The number of pyridine rings is 1. The molecule has 0 unspecified atom stereocenters. The molecule has 1 saturated carbocycles. The van der Waals surface area contributed by atoms with Gasteiger partial charge in [-0.15, -0.1) is 11.3 Å². The van der Waals surface area contributed by atoms with Crippen molar-refractivity contribution in [3.63, 3.8) is 0 Å². The molecule has 0 aliphatic heterocycles. The van der Waals surface area contributed by atoms with Crippen LogP contribution in [0.25, 0.3) is 10.6 Å². The molecule has 174 valence electrons. The molecule has 4 rings (SSSR count). The molecule has 0 bridgehead atoms. The molecule has 3 aromatic rings. The molecule has 1 atom stereocenters. The molecule has 3 aromatic heterocycles. The maximum atomic E-state index is 14.9. The van der Waals surface area contributed by atoms with Crippen molar-refractivity contribution in [2.75, 3.05) is 11.3 Å². The summed E-state index contributed by atoms with van der Waals surface area (Å²) in [5, 5.41) is 2.29. The van der Waals surface area contributed by atoms with Crippen molar-refractivity contribution < 1.29 is 22.3 Å². The van der Waals surface area contributed by atoms with E-state index in [2.05, 4.69) is 30.0 Å². The van der Waals surface area contributed by atoms with Crippen molar-refractivity contribution >= 4 is 33.0 Å². The van der Waals surface area contributed by atoms with Crippen LogP contribution < -0.4 is 14.8 Å². The second kappa shape index (κ2) is 9.35. The average Bonchev–Trinajstić information content (AvgIpc) is 3.53. The van der Waals surface area contributed by atoms with Crippen LogP contribution in [0.4, 0.5) is 10.1 Å². The highest BCUT2D eigenvalue weighted by Gasteiger charge is 2.36. The van der Waals surface area contributed by atoms with Crippen molar-refractivity contribution in [2.45, 2.75) is 38.0 Å². The SMILES string of the molecule is CCOc1cncc(-c2cnc(C(=O)N[C@@H](C)c3nccc(NS(=O)(=O)C4CC4)c3F)s2)n1. The summed E-state index contributed by atoms with van der Waals surface area (Å²) in [6.07, 6.45) is 6.92. The molecule has 10 nitrogen and oxygen atoms in total. The van der Waals surface area contributed by atoms with Gasteiger partial charge in [-0.25, -0.2) is 22.8 Å². The van der Waals surface area contributed by atoms with Gasteiger partial charge in [0.15, 0.2) is 10.8 Å². The number of ether oxygens (including phenoxy) is 1.